The molecule has 1 aromatic carbocycles. The van der Waals surface area contributed by atoms with Crippen LogP contribution in [0.2, 0.25) is 0 Å². The van der Waals surface area contributed by atoms with Gasteiger partial charge in [-0.2, -0.15) is 0 Å². The smallest absolute Gasteiger partial charge is 0.317 e. The van der Waals surface area contributed by atoms with Crippen molar-refractivity contribution in [3.05, 3.63) is 39.9 Å². The molecule has 2 fully saturated rings. The first-order valence-electron chi connectivity index (χ1n) is 6.09. The summed E-state index contributed by atoms with van der Waals surface area (Å²) in [6, 6.07) is 5.75. The normalized spacial score (nSPS) is 29.3. The number of nitro groups is 1. The van der Waals surface area contributed by atoms with Gasteiger partial charge in [-0.3, -0.25) is 10.1 Å². The van der Waals surface area contributed by atoms with E-state index in [4.69, 9.17) is 4.74 Å². The van der Waals surface area contributed by atoms with Gasteiger partial charge in [0.2, 0.25) is 0 Å². The Hall–Kier alpha value is -2.15. The number of hydrogen-bond acceptors (Lipinski definition) is 4. The largest absolute Gasteiger partial charge is 0.358 e. The van der Waals surface area contributed by atoms with Gasteiger partial charge in [0.25, 0.3) is 5.69 Å². The third-order valence-corrected chi connectivity index (χ3v) is 3.59. The van der Waals surface area contributed by atoms with Gasteiger partial charge in [0, 0.05) is 18.6 Å². The van der Waals surface area contributed by atoms with Crippen LogP contribution in [0.5, 0.6) is 0 Å². The molecule has 2 N–H and O–H groups in total. The Morgan fingerprint density at radius 1 is 1.32 bits per heavy atom. The number of carbonyl (C=O) groups is 1. The molecule has 2 amide bonds. The number of nitrogens with one attached hydrogen (secondary N) is 2. The fourth-order valence-electron chi connectivity index (χ4n) is 2.74. The number of rotatable bonds is 2. The Bertz CT molecular complexity index is 533. The third-order valence-electron chi connectivity index (χ3n) is 3.59. The van der Waals surface area contributed by atoms with Crippen molar-refractivity contribution in [2.75, 3.05) is 6.61 Å². The number of urea groups is 1. The molecule has 3 atom stereocenters. The molecule has 0 radical (unpaired) electrons. The Labute approximate surface area is 109 Å². The second-order valence-electron chi connectivity index (χ2n) is 4.66. The highest BCUT2D eigenvalue weighted by Crippen LogP contribution is 2.38. The second-order valence-corrected chi connectivity index (χ2v) is 4.66. The summed E-state index contributed by atoms with van der Waals surface area (Å²) in [6.45, 7) is 0.550. The molecule has 0 spiro atoms. The van der Waals surface area contributed by atoms with Crippen LogP contribution in [0, 0.1) is 16.0 Å². The summed E-state index contributed by atoms with van der Waals surface area (Å²) < 4.78 is 5.44. The molecule has 7 nitrogen and oxygen atoms in total. The van der Waals surface area contributed by atoms with E-state index in [1.165, 1.54) is 6.07 Å². The predicted molar refractivity (Wildman–Crippen MR) is 65.4 cm³/mol. The van der Waals surface area contributed by atoms with Crippen molar-refractivity contribution in [3.8, 4) is 0 Å². The van der Waals surface area contributed by atoms with E-state index in [-0.39, 0.29) is 29.9 Å². The lowest BCUT2D eigenvalue weighted by molar-refractivity contribution is -0.385. The first-order chi connectivity index (χ1) is 9.16. The number of nitrogens with zero attached hydrogens (tertiary/aromatic N) is 1. The highest BCUT2D eigenvalue weighted by Gasteiger charge is 2.43. The van der Waals surface area contributed by atoms with E-state index in [0.717, 1.165) is 6.42 Å². The second kappa shape index (κ2) is 4.51. The zero-order valence-electron chi connectivity index (χ0n) is 10.0. The van der Waals surface area contributed by atoms with Crippen LogP contribution < -0.4 is 10.6 Å². The van der Waals surface area contributed by atoms with Crippen LogP contribution in [-0.4, -0.2) is 23.8 Å². The predicted octanol–water partition coefficient (Wildman–Crippen LogP) is 1.31. The molecule has 3 rings (SSSR count). The van der Waals surface area contributed by atoms with Crippen molar-refractivity contribution >= 4 is 11.7 Å². The van der Waals surface area contributed by atoms with Crippen molar-refractivity contribution < 1.29 is 14.5 Å². The van der Waals surface area contributed by atoms with E-state index in [2.05, 4.69) is 10.6 Å². The van der Waals surface area contributed by atoms with E-state index in [1.54, 1.807) is 18.2 Å². The highest BCUT2D eigenvalue weighted by molar-refractivity contribution is 5.76. The molecule has 2 aliphatic heterocycles. The van der Waals surface area contributed by atoms with Gasteiger partial charge < -0.3 is 15.4 Å². The molecule has 19 heavy (non-hydrogen) atoms. The van der Waals surface area contributed by atoms with Crippen LogP contribution in [0.1, 0.15) is 18.0 Å². The van der Waals surface area contributed by atoms with Gasteiger partial charge >= 0.3 is 6.03 Å². The Balaban J connectivity index is 2.00. The maximum Gasteiger partial charge on any atom is 0.317 e. The van der Waals surface area contributed by atoms with Crippen LogP contribution in [0.3, 0.4) is 0 Å². The number of hydrogen-bond donors (Lipinski definition) is 2. The lowest BCUT2D eigenvalue weighted by atomic mass is 9.88. The average molecular weight is 263 g/mol. The number of fused-ring (bicyclic) bond motifs is 1. The van der Waals surface area contributed by atoms with Crippen molar-refractivity contribution in [1.82, 2.24) is 10.6 Å². The number of ether oxygens (including phenoxy) is 1. The Morgan fingerprint density at radius 2 is 2.11 bits per heavy atom. The lowest BCUT2D eigenvalue weighted by Crippen LogP contribution is -2.55. The number of benzene rings is 1. The lowest BCUT2D eigenvalue weighted by Gasteiger charge is -2.34. The van der Waals surface area contributed by atoms with E-state index < -0.39 is 4.92 Å². The first kappa shape index (κ1) is 11.9. The van der Waals surface area contributed by atoms with Crippen LogP contribution >= 0.6 is 0 Å². The molecule has 0 bridgehead atoms. The van der Waals surface area contributed by atoms with Gasteiger partial charge in [0.05, 0.1) is 16.5 Å². The molecule has 7 heteroatoms. The van der Waals surface area contributed by atoms with Gasteiger partial charge in [-0.05, 0) is 6.42 Å². The number of nitro benzene ring substituents is 1. The van der Waals surface area contributed by atoms with Crippen molar-refractivity contribution in [2.45, 2.75) is 18.7 Å². The molecule has 2 aliphatic rings. The summed E-state index contributed by atoms with van der Waals surface area (Å²) in [7, 11) is 0. The van der Waals surface area contributed by atoms with Crippen LogP contribution in [-0.2, 0) is 4.74 Å². The van der Waals surface area contributed by atoms with Gasteiger partial charge in [-0.25, -0.2) is 4.79 Å². The number of para-hydroxylation sites is 1. The Morgan fingerprint density at radius 3 is 2.89 bits per heavy atom. The van der Waals surface area contributed by atoms with E-state index in [0.29, 0.717) is 12.2 Å². The minimum Gasteiger partial charge on any atom is -0.358 e. The molecular weight excluding hydrogens is 250 g/mol. The van der Waals surface area contributed by atoms with Crippen LogP contribution in [0.25, 0.3) is 0 Å². The first-order valence-corrected chi connectivity index (χ1v) is 6.09. The monoisotopic (exact) mass is 263 g/mol. The molecule has 0 unspecified atom stereocenters. The fourth-order valence-corrected chi connectivity index (χ4v) is 2.74. The third kappa shape index (κ3) is 2.01. The summed E-state index contributed by atoms with van der Waals surface area (Å²) in [4.78, 5) is 22.3. The van der Waals surface area contributed by atoms with Gasteiger partial charge in [0.1, 0.15) is 6.23 Å². The molecular formula is C12H13N3O4. The van der Waals surface area contributed by atoms with Gasteiger partial charge in [-0.1, -0.05) is 18.2 Å². The number of carbonyl (C=O) groups excluding carboxylic acids is 1. The average Bonchev–Trinajstić information content (AvgIpc) is 2.85. The maximum atomic E-state index is 11.6. The molecule has 0 aromatic heterocycles. The summed E-state index contributed by atoms with van der Waals surface area (Å²) in [5.74, 6) is 0.0128. The van der Waals surface area contributed by atoms with E-state index in [9.17, 15) is 14.9 Å². The molecule has 0 aliphatic carbocycles. The fraction of sp³-hybridized carbons (Fsp3) is 0.417. The number of amides is 2. The zero-order valence-corrected chi connectivity index (χ0v) is 10.0. The molecule has 1 aromatic rings. The quantitative estimate of drug-likeness (QED) is 0.621. The van der Waals surface area contributed by atoms with Crippen molar-refractivity contribution in [1.29, 1.82) is 0 Å². The maximum absolute atomic E-state index is 11.6. The molecule has 2 heterocycles. The summed E-state index contributed by atoms with van der Waals surface area (Å²) in [5, 5.41) is 16.5. The summed E-state index contributed by atoms with van der Waals surface area (Å²) in [5.41, 5.74) is 0.559. The van der Waals surface area contributed by atoms with Gasteiger partial charge in [0.15, 0.2) is 0 Å². The topological polar surface area (TPSA) is 93.5 Å². The minimum absolute atomic E-state index is 0.0128. The van der Waals surface area contributed by atoms with Gasteiger partial charge in [-0.15, -0.1) is 0 Å². The van der Waals surface area contributed by atoms with E-state index in [1.807, 2.05) is 0 Å². The van der Waals surface area contributed by atoms with Crippen molar-refractivity contribution in [3.63, 3.8) is 0 Å². The molecule has 2 saturated heterocycles. The molecule has 100 valence electrons. The van der Waals surface area contributed by atoms with Crippen LogP contribution in [0.15, 0.2) is 24.3 Å². The Kier molecular flexibility index (Phi) is 2.83. The summed E-state index contributed by atoms with van der Waals surface area (Å²) in [6.07, 6.45) is 0.396. The van der Waals surface area contributed by atoms with Crippen LogP contribution in [0.4, 0.5) is 10.5 Å². The zero-order chi connectivity index (χ0) is 13.4. The molecule has 0 saturated carbocycles. The van der Waals surface area contributed by atoms with E-state index >= 15 is 0 Å². The standard InChI is InChI=1S/C12H13N3O4/c16-12-13-10(8-5-6-19-11(8)14-12)7-3-1-2-4-9(7)15(17)18/h1-4,8,10-11H,5-6H2,(H2,13,14,16)/t8-,10-,11-/m1/s1. The SMILES string of the molecule is O=C1N[C@@H]2OCC[C@@H]2[C@@H](c2ccccc2[N+](=O)[O-])N1. The highest BCUT2D eigenvalue weighted by atomic mass is 16.6. The van der Waals surface area contributed by atoms with Crippen molar-refractivity contribution in [2.24, 2.45) is 5.92 Å². The summed E-state index contributed by atoms with van der Waals surface area (Å²) >= 11 is 0. The minimum atomic E-state index is -0.422.